The Morgan fingerprint density at radius 1 is 1.06 bits per heavy atom. The van der Waals surface area contributed by atoms with Crippen molar-refractivity contribution in [2.75, 3.05) is 0 Å². The van der Waals surface area contributed by atoms with E-state index >= 15 is 0 Å². The highest BCUT2D eigenvalue weighted by Gasteiger charge is 2.08. The van der Waals surface area contributed by atoms with Crippen LogP contribution in [0.1, 0.15) is 19.0 Å². The summed E-state index contributed by atoms with van der Waals surface area (Å²) in [5.74, 6) is 0. The molecule has 5 heteroatoms. The fourth-order valence-corrected chi connectivity index (χ4v) is 2.45. The fraction of sp³-hybridized carbons (Fsp3) is 0.250. The van der Waals surface area contributed by atoms with Crippen molar-refractivity contribution < 1.29 is 0 Å². The molecule has 0 unspecified atom stereocenters. The van der Waals surface area contributed by atoms with E-state index in [2.05, 4.69) is 11.9 Å². The number of hydrogen-bond donors (Lipinski definition) is 0. The van der Waals surface area contributed by atoms with Crippen LogP contribution in [0.15, 0.2) is 18.2 Å². The topological polar surface area (TPSA) is 12.9 Å². The summed E-state index contributed by atoms with van der Waals surface area (Å²) in [5, 5.41) is 2.57. The van der Waals surface area contributed by atoms with Gasteiger partial charge in [0.05, 0.1) is 15.6 Å². The fourth-order valence-electron chi connectivity index (χ4n) is 1.65. The van der Waals surface area contributed by atoms with Gasteiger partial charge in [-0.1, -0.05) is 48.1 Å². The minimum atomic E-state index is 0. The minimum Gasteiger partial charge on any atom is -0.251 e. The molecule has 0 amide bonds. The monoisotopic (exact) mass is 309 g/mol. The lowest BCUT2D eigenvalue weighted by Gasteiger charge is -2.06. The van der Waals surface area contributed by atoms with Crippen LogP contribution < -0.4 is 0 Å². The average molecular weight is 311 g/mol. The Kier molecular flexibility index (Phi) is 5.33. The lowest BCUT2D eigenvalue weighted by atomic mass is 10.1. The highest BCUT2D eigenvalue weighted by molar-refractivity contribution is 6.41. The number of aromatic nitrogens is 1. The average Bonchev–Trinajstić information content (AvgIpc) is 2.20. The first-order valence-corrected chi connectivity index (χ1v) is 6.19. The molecule has 17 heavy (non-hydrogen) atoms. The van der Waals surface area contributed by atoms with Crippen LogP contribution in [0.3, 0.4) is 0 Å². The second-order valence-electron chi connectivity index (χ2n) is 3.63. The SMILES string of the molecule is CCCc1cc(Cl)c2cc(Cl)cc(Cl)c2n1.Cl. The lowest BCUT2D eigenvalue weighted by Crippen LogP contribution is -1.91. The molecule has 0 atom stereocenters. The molecule has 0 saturated heterocycles. The van der Waals surface area contributed by atoms with Crippen molar-refractivity contribution in [1.82, 2.24) is 4.98 Å². The third kappa shape index (κ3) is 3.17. The second kappa shape index (κ2) is 6.10. The molecule has 2 rings (SSSR count). The van der Waals surface area contributed by atoms with Crippen molar-refractivity contribution in [3.63, 3.8) is 0 Å². The summed E-state index contributed by atoms with van der Waals surface area (Å²) in [5.41, 5.74) is 1.69. The summed E-state index contributed by atoms with van der Waals surface area (Å²) in [7, 11) is 0. The first-order chi connectivity index (χ1) is 7.61. The van der Waals surface area contributed by atoms with E-state index in [0.29, 0.717) is 15.1 Å². The van der Waals surface area contributed by atoms with Gasteiger partial charge in [0.2, 0.25) is 0 Å². The first kappa shape index (κ1) is 14.8. The molecule has 1 heterocycles. The van der Waals surface area contributed by atoms with Crippen molar-refractivity contribution >= 4 is 58.1 Å². The van der Waals surface area contributed by atoms with Gasteiger partial charge < -0.3 is 0 Å². The summed E-state index contributed by atoms with van der Waals surface area (Å²) >= 11 is 18.2. The Bertz CT molecular complexity index is 540. The number of fused-ring (bicyclic) bond motifs is 1. The van der Waals surface area contributed by atoms with Crippen LogP contribution in [-0.2, 0) is 6.42 Å². The molecule has 0 aliphatic rings. The van der Waals surface area contributed by atoms with Gasteiger partial charge in [0.25, 0.3) is 0 Å². The molecule has 1 nitrogen and oxygen atoms in total. The van der Waals surface area contributed by atoms with Crippen molar-refractivity contribution in [1.29, 1.82) is 0 Å². The minimum absolute atomic E-state index is 0. The van der Waals surface area contributed by atoms with E-state index in [1.165, 1.54) is 0 Å². The predicted octanol–water partition coefficient (Wildman–Crippen LogP) is 5.57. The summed E-state index contributed by atoms with van der Waals surface area (Å²) in [4.78, 5) is 4.49. The summed E-state index contributed by atoms with van der Waals surface area (Å²) < 4.78 is 0. The van der Waals surface area contributed by atoms with Crippen LogP contribution in [0.5, 0.6) is 0 Å². The highest BCUT2D eigenvalue weighted by atomic mass is 35.5. The number of aryl methyl sites for hydroxylation is 1. The third-order valence-corrected chi connectivity index (χ3v) is 3.16. The van der Waals surface area contributed by atoms with E-state index in [1.807, 2.05) is 6.07 Å². The molecule has 0 fully saturated rings. The van der Waals surface area contributed by atoms with Crippen LogP contribution in [0.25, 0.3) is 10.9 Å². The maximum atomic E-state index is 6.18. The molecule has 0 saturated carbocycles. The maximum Gasteiger partial charge on any atom is 0.0907 e. The number of pyridine rings is 1. The van der Waals surface area contributed by atoms with Gasteiger partial charge in [0.1, 0.15) is 0 Å². The zero-order valence-corrected chi connectivity index (χ0v) is 12.2. The Morgan fingerprint density at radius 2 is 1.76 bits per heavy atom. The Labute approximate surface area is 121 Å². The molecule has 0 aliphatic heterocycles. The number of hydrogen-bond acceptors (Lipinski definition) is 1. The largest absolute Gasteiger partial charge is 0.251 e. The molecule has 1 aromatic carbocycles. The molecule has 0 bridgehead atoms. The zero-order chi connectivity index (χ0) is 11.7. The van der Waals surface area contributed by atoms with Crippen LogP contribution in [0, 0.1) is 0 Å². The van der Waals surface area contributed by atoms with Gasteiger partial charge in [-0.2, -0.15) is 0 Å². The smallest absolute Gasteiger partial charge is 0.0907 e. The molecule has 92 valence electrons. The maximum absolute atomic E-state index is 6.18. The molecule has 0 aliphatic carbocycles. The van der Waals surface area contributed by atoms with E-state index in [4.69, 9.17) is 34.8 Å². The van der Waals surface area contributed by atoms with E-state index in [0.717, 1.165) is 29.4 Å². The first-order valence-electron chi connectivity index (χ1n) is 5.06. The van der Waals surface area contributed by atoms with Crippen LogP contribution in [0.4, 0.5) is 0 Å². The standard InChI is InChI=1S/C12H10Cl3N.ClH/c1-2-3-8-6-10(14)9-4-7(13)5-11(15)12(9)16-8;/h4-6H,2-3H2,1H3;1H. The van der Waals surface area contributed by atoms with E-state index in [-0.39, 0.29) is 12.4 Å². The molecule has 0 radical (unpaired) electrons. The number of benzene rings is 1. The quantitative estimate of drug-likeness (QED) is 0.706. The van der Waals surface area contributed by atoms with Gasteiger partial charge >= 0.3 is 0 Å². The number of nitrogens with zero attached hydrogens (tertiary/aromatic N) is 1. The predicted molar refractivity (Wildman–Crippen MR) is 78.0 cm³/mol. The molecule has 0 N–H and O–H groups in total. The molecule has 1 aromatic heterocycles. The van der Waals surface area contributed by atoms with Crippen LogP contribution in [0.2, 0.25) is 15.1 Å². The summed E-state index contributed by atoms with van der Waals surface area (Å²) in [6.07, 6.45) is 1.93. The zero-order valence-electron chi connectivity index (χ0n) is 9.14. The highest BCUT2D eigenvalue weighted by Crippen LogP contribution is 2.31. The molecular formula is C12H11Cl4N. The van der Waals surface area contributed by atoms with Crippen molar-refractivity contribution in [2.24, 2.45) is 0 Å². The van der Waals surface area contributed by atoms with Crippen LogP contribution in [-0.4, -0.2) is 4.98 Å². The van der Waals surface area contributed by atoms with Crippen molar-refractivity contribution in [3.8, 4) is 0 Å². The van der Waals surface area contributed by atoms with Gasteiger partial charge in [0, 0.05) is 16.1 Å². The van der Waals surface area contributed by atoms with Crippen molar-refractivity contribution in [2.45, 2.75) is 19.8 Å². The van der Waals surface area contributed by atoms with Gasteiger partial charge in [0.15, 0.2) is 0 Å². The summed E-state index contributed by atoms with van der Waals surface area (Å²) in [6, 6.07) is 5.35. The number of rotatable bonds is 2. The van der Waals surface area contributed by atoms with E-state index in [9.17, 15) is 0 Å². The van der Waals surface area contributed by atoms with Gasteiger partial charge in [-0.15, -0.1) is 12.4 Å². The Morgan fingerprint density at radius 3 is 2.41 bits per heavy atom. The van der Waals surface area contributed by atoms with Gasteiger partial charge in [-0.3, -0.25) is 4.98 Å². The third-order valence-electron chi connectivity index (χ3n) is 2.34. The second-order valence-corrected chi connectivity index (χ2v) is 4.88. The number of halogens is 4. The van der Waals surface area contributed by atoms with Gasteiger partial charge in [-0.05, 0) is 24.6 Å². The van der Waals surface area contributed by atoms with E-state index in [1.54, 1.807) is 12.1 Å². The molecule has 0 spiro atoms. The van der Waals surface area contributed by atoms with Gasteiger partial charge in [-0.25, -0.2) is 0 Å². The molecule has 2 aromatic rings. The Balaban J connectivity index is 0.00000144. The normalized spacial score (nSPS) is 10.4. The summed E-state index contributed by atoms with van der Waals surface area (Å²) in [6.45, 7) is 2.10. The van der Waals surface area contributed by atoms with E-state index < -0.39 is 0 Å². The van der Waals surface area contributed by atoms with Crippen LogP contribution >= 0.6 is 47.2 Å². The molecular weight excluding hydrogens is 300 g/mol. The lowest BCUT2D eigenvalue weighted by molar-refractivity contribution is 0.890. The Hall–Kier alpha value is -0.210. The van der Waals surface area contributed by atoms with Crippen molar-refractivity contribution in [3.05, 3.63) is 39.0 Å².